The number of benzene rings is 1. The average molecular weight is 346 g/mol. The third kappa shape index (κ3) is 3.51. The third-order valence-corrected chi connectivity index (χ3v) is 4.14. The zero-order chi connectivity index (χ0) is 13.8. The maximum atomic E-state index is 10.2. The van der Waals surface area contributed by atoms with Crippen LogP contribution in [0.1, 0.15) is 18.0 Å². The molecule has 3 nitrogen and oxygen atoms in total. The fourth-order valence-corrected chi connectivity index (χ4v) is 3.30. The number of phenolic OH excluding ortho intramolecular Hbond substituents is 1. The lowest BCUT2D eigenvalue weighted by atomic mass is 10.00. The monoisotopic (exact) mass is 344 g/mol. The first-order valence-electron chi connectivity index (χ1n) is 6.37. The van der Waals surface area contributed by atoms with E-state index in [-0.39, 0.29) is 11.8 Å². The lowest BCUT2D eigenvalue weighted by Gasteiger charge is -2.35. The van der Waals surface area contributed by atoms with Crippen molar-refractivity contribution < 1.29 is 5.11 Å². The molecule has 104 valence electrons. The molecule has 2 rings (SSSR count). The fourth-order valence-electron chi connectivity index (χ4n) is 2.46. The standard InChI is InChI=1S/C14H18BrClN2O/c1-2-3-13(18-6-4-17-5-7-18)11-8-10(15)9-12(16)14(11)19/h2,8-9,13,17,19H,1,3-7H2/t13-/m1/s1. The fraction of sp³-hybridized carbons (Fsp3) is 0.429. The van der Waals surface area contributed by atoms with E-state index < -0.39 is 0 Å². The van der Waals surface area contributed by atoms with Gasteiger partial charge in [0.2, 0.25) is 0 Å². The molecule has 1 heterocycles. The SMILES string of the molecule is C=CC[C@H](c1cc(Br)cc(Cl)c1O)N1CCNCC1. The highest BCUT2D eigenvalue weighted by Gasteiger charge is 2.24. The minimum absolute atomic E-state index is 0.120. The van der Waals surface area contributed by atoms with E-state index in [1.807, 2.05) is 12.1 Å². The van der Waals surface area contributed by atoms with Gasteiger partial charge in [-0.15, -0.1) is 6.58 Å². The minimum atomic E-state index is 0.120. The van der Waals surface area contributed by atoms with Crippen molar-refractivity contribution in [2.75, 3.05) is 26.2 Å². The first kappa shape index (κ1) is 14.9. The van der Waals surface area contributed by atoms with Gasteiger partial charge in [-0.25, -0.2) is 0 Å². The van der Waals surface area contributed by atoms with Crippen molar-refractivity contribution in [3.8, 4) is 5.75 Å². The van der Waals surface area contributed by atoms with Gasteiger partial charge in [0, 0.05) is 42.3 Å². The van der Waals surface area contributed by atoms with Crippen LogP contribution in [0.5, 0.6) is 5.75 Å². The number of hydrogen-bond acceptors (Lipinski definition) is 3. The molecule has 0 radical (unpaired) electrons. The molecule has 19 heavy (non-hydrogen) atoms. The second-order valence-electron chi connectivity index (χ2n) is 4.65. The van der Waals surface area contributed by atoms with Gasteiger partial charge in [0.25, 0.3) is 0 Å². The molecule has 1 fully saturated rings. The molecule has 1 aliphatic rings. The van der Waals surface area contributed by atoms with E-state index in [1.165, 1.54) is 0 Å². The Kier molecular flexibility index (Phi) is 5.28. The Morgan fingerprint density at radius 1 is 1.47 bits per heavy atom. The van der Waals surface area contributed by atoms with Crippen molar-refractivity contribution in [2.24, 2.45) is 0 Å². The summed E-state index contributed by atoms with van der Waals surface area (Å²) in [6.45, 7) is 7.68. The number of halogens is 2. The van der Waals surface area contributed by atoms with Gasteiger partial charge in [-0.05, 0) is 18.6 Å². The van der Waals surface area contributed by atoms with E-state index in [1.54, 1.807) is 6.07 Å². The van der Waals surface area contributed by atoms with Crippen LogP contribution in [0.15, 0.2) is 29.3 Å². The molecule has 1 aliphatic heterocycles. The summed E-state index contributed by atoms with van der Waals surface area (Å²) < 4.78 is 0.884. The van der Waals surface area contributed by atoms with Gasteiger partial charge in [0.1, 0.15) is 5.75 Å². The Labute approximate surface area is 127 Å². The molecule has 0 aliphatic carbocycles. The van der Waals surface area contributed by atoms with Crippen LogP contribution in [0.4, 0.5) is 0 Å². The van der Waals surface area contributed by atoms with Crippen molar-refractivity contribution in [3.05, 3.63) is 39.8 Å². The molecular weight excluding hydrogens is 328 g/mol. The van der Waals surface area contributed by atoms with Gasteiger partial charge < -0.3 is 10.4 Å². The Hall–Kier alpha value is -0.550. The zero-order valence-corrected chi connectivity index (χ0v) is 13.0. The smallest absolute Gasteiger partial charge is 0.139 e. The van der Waals surface area contributed by atoms with Crippen molar-refractivity contribution in [2.45, 2.75) is 12.5 Å². The summed E-state index contributed by atoms with van der Waals surface area (Å²) in [6, 6.07) is 3.77. The molecule has 0 saturated carbocycles. The van der Waals surface area contributed by atoms with E-state index in [0.29, 0.717) is 5.02 Å². The highest BCUT2D eigenvalue weighted by atomic mass is 79.9. The zero-order valence-electron chi connectivity index (χ0n) is 10.7. The summed E-state index contributed by atoms with van der Waals surface area (Å²) in [6.07, 6.45) is 2.68. The van der Waals surface area contributed by atoms with Crippen LogP contribution in [0, 0.1) is 0 Å². The number of nitrogens with zero attached hydrogens (tertiary/aromatic N) is 1. The predicted molar refractivity (Wildman–Crippen MR) is 82.8 cm³/mol. The number of nitrogens with one attached hydrogen (secondary N) is 1. The summed E-state index contributed by atoms with van der Waals surface area (Å²) >= 11 is 9.50. The quantitative estimate of drug-likeness (QED) is 0.822. The van der Waals surface area contributed by atoms with E-state index >= 15 is 0 Å². The average Bonchev–Trinajstić information content (AvgIpc) is 2.41. The Balaban J connectivity index is 2.34. The molecule has 5 heteroatoms. The molecule has 1 aromatic rings. The Morgan fingerprint density at radius 3 is 2.79 bits per heavy atom. The van der Waals surface area contributed by atoms with Crippen LogP contribution < -0.4 is 5.32 Å². The maximum Gasteiger partial charge on any atom is 0.139 e. The van der Waals surface area contributed by atoms with Crippen molar-refractivity contribution >= 4 is 27.5 Å². The molecule has 0 unspecified atom stereocenters. The van der Waals surface area contributed by atoms with Crippen molar-refractivity contribution in [3.63, 3.8) is 0 Å². The summed E-state index contributed by atoms with van der Waals surface area (Å²) in [5.74, 6) is 0.176. The molecule has 0 bridgehead atoms. The summed E-state index contributed by atoms with van der Waals surface area (Å²) in [5.41, 5.74) is 0.862. The van der Waals surface area contributed by atoms with Crippen LogP contribution in [-0.2, 0) is 0 Å². The van der Waals surface area contributed by atoms with Gasteiger partial charge >= 0.3 is 0 Å². The summed E-state index contributed by atoms with van der Waals surface area (Å²) in [5, 5.41) is 13.9. The van der Waals surface area contributed by atoms with Gasteiger partial charge in [-0.1, -0.05) is 33.6 Å². The maximum absolute atomic E-state index is 10.2. The molecule has 1 saturated heterocycles. The highest BCUT2D eigenvalue weighted by molar-refractivity contribution is 9.10. The molecular formula is C14H18BrClN2O. The predicted octanol–water partition coefficient (Wildman–Crippen LogP) is 3.33. The van der Waals surface area contributed by atoms with E-state index in [9.17, 15) is 5.11 Å². The van der Waals surface area contributed by atoms with Gasteiger partial charge in [0.05, 0.1) is 5.02 Å². The number of phenols is 1. The molecule has 1 aromatic carbocycles. The lowest BCUT2D eigenvalue weighted by molar-refractivity contribution is 0.172. The van der Waals surface area contributed by atoms with E-state index in [4.69, 9.17) is 11.6 Å². The van der Waals surface area contributed by atoms with Crippen molar-refractivity contribution in [1.82, 2.24) is 10.2 Å². The van der Waals surface area contributed by atoms with Crippen LogP contribution in [0.2, 0.25) is 5.02 Å². The van der Waals surface area contributed by atoms with Crippen LogP contribution >= 0.6 is 27.5 Å². The van der Waals surface area contributed by atoms with Crippen molar-refractivity contribution in [1.29, 1.82) is 0 Å². The first-order chi connectivity index (χ1) is 9.13. The molecule has 0 spiro atoms. The Bertz CT molecular complexity index is 461. The Morgan fingerprint density at radius 2 is 2.16 bits per heavy atom. The van der Waals surface area contributed by atoms with E-state index in [2.05, 4.69) is 32.7 Å². The third-order valence-electron chi connectivity index (χ3n) is 3.40. The van der Waals surface area contributed by atoms with Crippen LogP contribution in [-0.4, -0.2) is 36.2 Å². The first-order valence-corrected chi connectivity index (χ1v) is 7.54. The molecule has 2 N–H and O–H groups in total. The largest absolute Gasteiger partial charge is 0.506 e. The number of aromatic hydroxyl groups is 1. The van der Waals surface area contributed by atoms with E-state index in [0.717, 1.165) is 42.6 Å². The second kappa shape index (κ2) is 6.75. The van der Waals surface area contributed by atoms with Gasteiger partial charge in [-0.2, -0.15) is 0 Å². The number of hydrogen-bond donors (Lipinski definition) is 2. The topological polar surface area (TPSA) is 35.5 Å². The molecule has 0 aromatic heterocycles. The summed E-state index contributed by atoms with van der Waals surface area (Å²) in [7, 11) is 0. The lowest BCUT2D eigenvalue weighted by Crippen LogP contribution is -2.45. The van der Waals surface area contributed by atoms with Gasteiger partial charge in [0.15, 0.2) is 0 Å². The number of piperazine rings is 1. The normalized spacial score (nSPS) is 18.2. The summed E-state index contributed by atoms with van der Waals surface area (Å²) in [4.78, 5) is 2.36. The number of rotatable bonds is 4. The second-order valence-corrected chi connectivity index (χ2v) is 5.97. The molecule has 1 atom stereocenters. The van der Waals surface area contributed by atoms with Crippen LogP contribution in [0.3, 0.4) is 0 Å². The molecule has 0 amide bonds. The van der Waals surface area contributed by atoms with Gasteiger partial charge in [-0.3, -0.25) is 4.90 Å². The highest BCUT2D eigenvalue weighted by Crippen LogP contribution is 2.38. The van der Waals surface area contributed by atoms with Crippen LogP contribution in [0.25, 0.3) is 0 Å². The minimum Gasteiger partial charge on any atom is -0.506 e.